The summed E-state index contributed by atoms with van der Waals surface area (Å²) < 4.78 is 22.9. The van der Waals surface area contributed by atoms with Gasteiger partial charge < -0.3 is 10.6 Å². The lowest BCUT2D eigenvalue weighted by Gasteiger charge is -2.17. The van der Waals surface area contributed by atoms with E-state index in [0.717, 1.165) is 31.9 Å². The highest BCUT2D eigenvalue weighted by Gasteiger charge is 2.28. The number of rotatable bonds is 6. The van der Waals surface area contributed by atoms with E-state index in [-0.39, 0.29) is 41.5 Å². The molecule has 5 nitrogen and oxygen atoms in total. The molecule has 0 aromatic carbocycles. The average Bonchev–Trinajstić information content (AvgIpc) is 2.70. The fraction of sp³-hybridized carbons (Fsp3) is 0.923. The van der Waals surface area contributed by atoms with Gasteiger partial charge in [0.2, 0.25) is 0 Å². The number of nitrogens with one attached hydrogen (secondary N) is 2. The summed E-state index contributed by atoms with van der Waals surface area (Å²) in [5.74, 6) is 1.86. The Labute approximate surface area is 140 Å². The maximum atomic E-state index is 11.4. The summed E-state index contributed by atoms with van der Waals surface area (Å²) in [7, 11) is -2.84. The summed E-state index contributed by atoms with van der Waals surface area (Å²) in [6, 6.07) is 0.00417. The largest absolute Gasteiger partial charge is 0.357 e. The molecule has 0 spiro atoms. The highest BCUT2D eigenvalue weighted by atomic mass is 127. The Hall–Kier alpha value is -0.0500. The Kier molecular flexibility index (Phi) is 9.78. The van der Waals surface area contributed by atoms with Crippen LogP contribution in [0.2, 0.25) is 0 Å². The number of hydrogen-bond acceptors (Lipinski definition) is 3. The lowest BCUT2D eigenvalue weighted by Crippen LogP contribution is -2.44. The van der Waals surface area contributed by atoms with E-state index in [0.29, 0.717) is 12.3 Å². The summed E-state index contributed by atoms with van der Waals surface area (Å²) in [6.07, 6.45) is 2.92. The molecule has 20 heavy (non-hydrogen) atoms. The molecular formula is C13H28IN3O2S. The Morgan fingerprint density at radius 3 is 2.40 bits per heavy atom. The quantitative estimate of drug-likeness (QED) is 0.393. The number of halogens is 1. The van der Waals surface area contributed by atoms with Crippen LogP contribution in [-0.2, 0) is 9.84 Å². The molecule has 1 atom stereocenters. The smallest absolute Gasteiger partial charge is 0.191 e. The van der Waals surface area contributed by atoms with Crippen LogP contribution in [0.5, 0.6) is 0 Å². The van der Waals surface area contributed by atoms with Crippen LogP contribution in [-0.4, -0.2) is 45.0 Å². The summed E-state index contributed by atoms with van der Waals surface area (Å²) in [4.78, 5) is 4.57. The van der Waals surface area contributed by atoms with E-state index in [2.05, 4.69) is 29.5 Å². The highest BCUT2D eigenvalue weighted by Crippen LogP contribution is 2.11. The molecule has 0 saturated carbocycles. The number of nitrogens with zero attached hydrogens (tertiary/aromatic N) is 1. The van der Waals surface area contributed by atoms with E-state index in [1.807, 2.05) is 6.92 Å². The minimum atomic E-state index is -2.84. The van der Waals surface area contributed by atoms with E-state index in [1.54, 1.807) is 0 Å². The molecule has 2 N–H and O–H groups in total. The van der Waals surface area contributed by atoms with Crippen molar-refractivity contribution in [2.24, 2.45) is 10.9 Å². The molecule has 1 aliphatic rings. The zero-order valence-electron chi connectivity index (χ0n) is 12.7. The lowest BCUT2D eigenvalue weighted by molar-refractivity contribution is 0.503. The van der Waals surface area contributed by atoms with Gasteiger partial charge in [-0.15, -0.1) is 24.0 Å². The van der Waals surface area contributed by atoms with Gasteiger partial charge >= 0.3 is 0 Å². The fourth-order valence-electron chi connectivity index (χ4n) is 2.19. The number of aliphatic imine (C=N–C) groups is 1. The van der Waals surface area contributed by atoms with Crippen LogP contribution in [0.15, 0.2) is 4.99 Å². The fourth-order valence-corrected chi connectivity index (χ4v) is 3.86. The van der Waals surface area contributed by atoms with Crippen LogP contribution in [0, 0.1) is 5.92 Å². The first kappa shape index (κ1) is 19.9. The van der Waals surface area contributed by atoms with Crippen molar-refractivity contribution < 1.29 is 8.42 Å². The molecule has 0 aromatic heterocycles. The Bertz CT molecular complexity index is 394. The predicted octanol–water partition coefficient (Wildman–Crippen LogP) is 1.78. The van der Waals surface area contributed by atoms with E-state index in [4.69, 9.17) is 0 Å². The monoisotopic (exact) mass is 417 g/mol. The van der Waals surface area contributed by atoms with Gasteiger partial charge in [-0.3, -0.25) is 4.99 Å². The molecule has 1 saturated heterocycles. The second-order valence-electron chi connectivity index (χ2n) is 5.15. The maximum absolute atomic E-state index is 11.4. The van der Waals surface area contributed by atoms with Crippen molar-refractivity contribution in [3.8, 4) is 0 Å². The van der Waals surface area contributed by atoms with Crippen LogP contribution in [0.25, 0.3) is 0 Å². The van der Waals surface area contributed by atoms with Gasteiger partial charge in [0.25, 0.3) is 0 Å². The minimum Gasteiger partial charge on any atom is -0.357 e. The third-order valence-corrected chi connectivity index (χ3v) is 5.35. The first-order chi connectivity index (χ1) is 9.00. The Morgan fingerprint density at radius 2 is 1.95 bits per heavy atom. The second kappa shape index (κ2) is 9.81. The first-order valence-corrected chi connectivity index (χ1v) is 9.08. The van der Waals surface area contributed by atoms with Crippen molar-refractivity contribution in [2.45, 2.75) is 46.1 Å². The molecule has 0 radical (unpaired) electrons. The number of guanidine groups is 1. The molecule has 1 unspecified atom stereocenters. The van der Waals surface area contributed by atoms with Gasteiger partial charge in [-0.05, 0) is 19.3 Å². The van der Waals surface area contributed by atoms with Gasteiger partial charge in [0, 0.05) is 19.1 Å². The normalized spacial score (nSPS) is 21.6. The lowest BCUT2D eigenvalue weighted by atomic mass is 10.0. The molecule has 0 aliphatic carbocycles. The van der Waals surface area contributed by atoms with Crippen molar-refractivity contribution in [3.05, 3.63) is 0 Å². The molecule has 7 heteroatoms. The highest BCUT2D eigenvalue weighted by molar-refractivity contribution is 14.0. The SMILES string of the molecule is CCNC(=NCC(CC)CC)NC1CCS(=O)(=O)C1.I. The third-order valence-electron chi connectivity index (χ3n) is 3.58. The van der Waals surface area contributed by atoms with Crippen molar-refractivity contribution in [3.63, 3.8) is 0 Å². The van der Waals surface area contributed by atoms with Gasteiger partial charge in [-0.1, -0.05) is 26.7 Å². The van der Waals surface area contributed by atoms with Crippen molar-refractivity contribution >= 4 is 39.8 Å². The second-order valence-corrected chi connectivity index (χ2v) is 7.38. The molecule has 1 fully saturated rings. The first-order valence-electron chi connectivity index (χ1n) is 7.26. The third kappa shape index (κ3) is 7.10. The van der Waals surface area contributed by atoms with Gasteiger partial charge in [-0.2, -0.15) is 0 Å². The molecule has 1 aliphatic heterocycles. The summed E-state index contributed by atoms with van der Waals surface area (Å²) in [6.45, 7) is 7.94. The predicted molar refractivity (Wildman–Crippen MR) is 95.7 cm³/mol. The number of sulfone groups is 1. The Balaban J connectivity index is 0.00000361. The van der Waals surface area contributed by atoms with Gasteiger partial charge in [0.1, 0.15) is 0 Å². The van der Waals surface area contributed by atoms with Gasteiger partial charge in [0.05, 0.1) is 11.5 Å². The van der Waals surface area contributed by atoms with E-state index in [9.17, 15) is 8.42 Å². The van der Waals surface area contributed by atoms with Crippen LogP contribution in [0.4, 0.5) is 0 Å². The van der Waals surface area contributed by atoms with Crippen LogP contribution in [0.1, 0.15) is 40.0 Å². The maximum Gasteiger partial charge on any atom is 0.191 e. The Morgan fingerprint density at radius 1 is 1.30 bits per heavy atom. The molecule has 1 rings (SSSR count). The van der Waals surface area contributed by atoms with Crippen LogP contribution in [0.3, 0.4) is 0 Å². The van der Waals surface area contributed by atoms with Crippen molar-refractivity contribution in [2.75, 3.05) is 24.6 Å². The zero-order valence-corrected chi connectivity index (χ0v) is 15.8. The van der Waals surface area contributed by atoms with E-state index < -0.39 is 9.84 Å². The van der Waals surface area contributed by atoms with E-state index >= 15 is 0 Å². The molecule has 0 aromatic rings. The van der Waals surface area contributed by atoms with Gasteiger partial charge in [-0.25, -0.2) is 8.42 Å². The van der Waals surface area contributed by atoms with Crippen LogP contribution >= 0.6 is 24.0 Å². The van der Waals surface area contributed by atoms with Crippen molar-refractivity contribution in [1.82, 2.24) is 10.6 Å². The summed E-state index contributed by atoms with van der Waals surface area (Å²) in [5, 5.41) is 6.42. The summed E-state index contributed by atoms with van der Waals surface area (Å²) >= 11 is 0. The van der Waals surface area contributed by atoms with Gasteiger partial charge in [0.15, 0.2) is 15.8 Å². The van der Waals surface area contributed by atoms with Crippen LogP contribution < -0.4 is 10.6 Å². The molecular weight excluding hydrogens is 389 g/mol. The topological polar surface area (TPSA) is 70.6 Å². The van der Waals surface area contributed by atoms with Crippen molar-refractivity contribution in [1.29, 1.82) is 0 Å². The molecule has 120 valence electrons. The standard InChI is InChI=1S/C13H27N3O2S.HI/c1-4-11(5-2)9-15-13(14-6-3)16-12-7-8-19(17,18)10-12;/h11-12H,4-10H2,1-3H3,(H2,14,15,16);1H. The molecule has 1 heterocycles. The minimum absolute atomic E-state index is 0. The molecule has 0 bridgehead atoms. The zero-order chi connectivity index (χ0) is 14.3. The average molecular weight is 417 g/mol. The molecule has 0 amide bonds. The number of hydrogen-bond donors (Lipinski definition) is 2. The summed E-state index contributed by atoms with van der Waals surface area (Å²) in [5.41, 5.74) is 0. The van der Waals surface area contributed by atoms with E-state index in [1.165, 1.54) is 0 Å².